The van der Waals surface area contributed by atoms with E-state index in [1.54, 1.807) is 24.3 Å². The highest BCUT2D eigenvalue weighted by Gasteiger charge is 2.45. The minimum absolute atomic E-state index is 0.0365. The third-order valence-electron chi connectivity index (χ3n) is 9.39. The van der Waals surface area contributed by atoms with Crippen LogP contribution in [0.4, 0.5) is 4.79 Å². The smallest absolute Gasteiger partial charge is 0.321 e. The van der Waals surface area contributed by atoms with Gasteiger partial charge < -0.3 is 24.6 Å². The molecule has 1 aromatic heterocycles. The lowest BCUT2D eigenvalue weighted by Crippen LogP contribution is -2.48. The Hall–Kier alpha value is -3.95. The van der Waals surface area contributed by atoms with Crippen molar-refractivity contribution in [2.75, 3.05) is 32.8 Å². The van der Waals surface area contributed by atoms with Gasteiger partial charge in [-0.15, -0.1) is 0 Å². The van der Waals surface area contributed by atoms with Crippen LogP contribution in [0, 0.1) is 0 Å². The quantitative estimate of drug-likeness (QED) is 0.357. The van der Waals surface area contributed by atoms with Gasteiger partial charge in [-0.2, -0.15) is 0 Å². The first kappa shape index (κ1) is 28.8. The summed E-state index contributed by atoms with van der Waals surface area (Å²) in [5.41, 5.74) is 2.99. The minimum atomic E-state index is -0.0365. The number of amides is 3. The van der Waals surface area contributed by atoms with Crippen LogP contribution in [0.2, 0.25) is 0 Å². The largest absolute Gasteiger partial charge is 0.439 e. The normalized spacial score (nSPS) is 21.9. The molecule has 1 unspecified atom stereocenters. The van der Waals surface area contributed by atoms with Crippen LogP contribution in [0.3, 0.4) is 0 Å². The van der Waals surface area contributed by atoms with Gasteiger partial charge in [0.25, 0.3) is 5.91 Å². The van der Waals surface area contributed by atoms with Crippen LogP contribution < -0.4 is 10.1 Å². The fourth-order valence-corrected chi connectivity index (χ4v) is 6.76. The van der Waals surface area contributed by atoms with Crippen LogP contribution in [0.15, 0.2) is 72.9 Å². The number of hydrogen-bond acceptors (Lipinski definition) is 6. The molecule has 9 heteroatoms. The molecule has 44 heavy (non-hydrogen) atoms. The van der Waals surface area contributed by atoms with Gasteiger partial charge in [0.1, 0.15) is 5.75 Å². The van der Waals surface area contributed by atoms with Crippen molar-refractivity contribution in [3.8, 4) is 11.6 Å². The number of rotatable bonds is 9. The van der Waals surface area contributed by atoms with Gasteiger partial charge in [0, 0.05) is 75.3 Å². The topological polar surface area (TPSA) is 87.2 Å². The van der Waals surface area contributed by atoms with Crippen LogP contribution in [0.5, 0.6) is 11.6 Å². The van der Waals surface area contributed by atoms with E-state index in [2.05, 4.69) is 55.3 Å². The molecule has 3 amide bonds. The Labute approximate surface area is 259 Å². The molecule has 0 radical (unpaired) electrons. The molecule has 4 heterocycles. The van der Waals surface area contributed by atoms with Gasteiger partial charge in [0.2, 0.25) is 5.88 Å². The fraction of sp³-hybridized carbons (Fsp3) is 0.457. The molecule has 3 aromatic rings. The third kappa shape index (κ3) is 6.59. The van der Waals surface area contributed by atoms with Crippen molar-refractivity contribution in [3.05, 3.63) is 89.6 Å². The summed E-state index contributed by atoms with van der Waals surface area (Å²) in [5.74, 6) is 1.14. The van der Waals surface area contributed by atoms with Crippen LogP contribution in [-0.2, 0) is 11.3 Å². The average Bonchev–Trinajstić information content (AvgIpc) is 3.82. The van der Waals surface area contributed by atoms with Crippen molar-refractivity contribution in [2.45, 2.75) is 69.2 Å². The summed E-state index contributed by atoms with van der Waals surface area (Å²) in [5, 5.41) is 3.00. The Bertz CT molecular complexity index is 1420. The number of piperidine rings is 1. The third-order valence-corrected chi connectivity index (χ3v) is 9.39. The number of pyridine rings is 1. The molecule has 1 atom stereocenters. The molecule has 0 spiro atoms. The van der Waals surface area contributed by atoms with Crippen molar-refractivity contribution in [1.82, 2.24) is 25.0 Å². The summed E-state index contributed by atoms with van der Waals surface area (Å²) >= 11 is 0. The molecule has 9 nitrogen and oxygen atoms in total. The van der Waals surface area contributed by atoms with Gasteiger partial charge in [0.05, 0.1) is 6.04 Å². The van der Waals surface area contributed by atoms with Crippen molar-refractivity contribution in [1.29, 1.82) is 0 Å². The monoisotopic (exact) mass is 595 g/mol. The molecule has 4 aliphatic rings. The highest BCUT2D eigenvalue weighted by molar-refractivity contribution is 5.94. The first-order valence-electron chi connectivity index (χ1n) is 16.1. The number of nitrogens with one attached hydrogen (secondary N) is 1. The number of nitrogens with zero attached hydrogens (tertiary/aromatic N) is 4. The predicted molar refractivity (Wildman–Crippen MR) is 167 cm³/mol. The summed E-state index contributed by atoms with van der Waals surface area (Å²) in [6.07, 6.45) is 7.76. The molecule has 230 valence electrons. The Morgan fingerprint density at radius 3 is 2.32 bits per heavy atom. The van der Waals surface area contributed by atoms with Gasteiger partial charge in [0.15, 0.2) is 0 Å². The molecular formula is C35H41N5O4. The lowest BCUT2D eigenvalue weighted by atomic mass is 9.99. The minimum Gasteiger partial charge on any atom is -0.439 e. The molecule has 2 aromatic carbocycles. The first-order valence-corrected chi connectivity index (χ1v) is 16.1. The number of aromatic nitrogens is 1. The molecule has 1 aliphatic carbocycles. The summed E-state index contributed by atoms with van der Waals surface area (Å²) in [6, 6.07) is 22.8. The van der Waals surface area contributed by atoms with E-state index in [0.717, 1.165) is 83.5 Å². The predicted octanol–water partition coefficient (Wildman–Crippen LogP) is 5.39. The Kier molecular flexibility index (Phi) is 8.48. The maximum atomic E-state index is 13.9. The Morgan fingerprint density at radius 2 is 1.64 bits per heavy atom. The second-order valence-electron chi connectivity index (χ2n) is 12.5. The summed E-state index contributed by atoms with van der Waals surface area (Å²) in [4.78, 5) is 37.4. The second kappa shape index (κ2) is 13.0. The van der Waals surface area contributed by atoms with Crippen LogP contribution in [0.1, 0.15) is 66.1 Å². The van der Waals surface area contributed by atoms with E-state index in [9.17, 15) is 9.59 Å². The standard InChI is InChI=1S/C35H41N5O4/c41-34(37-28-9-10-28)27-7-11-31(12-8-27)44-33-13-6-25(22-36-33)23-38-18-14-30(15-19-38)40-32(26-4-2-1-3-5-26)24-39(35(40)42)29-16-20-43-21-17-29/h1-8,11-13,22,28-30,32H,9-10,14-21,23-24H2,(H,37,41). The highest BCUT2D eigenvalue weighted by Crippen LogP contribution is 2.37. The summed E-state index contributed by atoms with van der Waals surface area (Å²) in [6.45, 7) is 4.91. The number of ether oxygens (including phenoxy) is 2. The van der Waals surface area contributed by atoms with Crippen molar-refractivity contribution < 1.29 is 19.1 Å². The molecule has 4 fully saturated rings. The average molecular weight is 596 g/mol. The lowest BCUT2D eigenvalue weighted by molar-refractivity contribution is 0.0493. The number of carbonyl (C=O) groups excluding carboxylic acids is 2. The number of hydrogen-bond donors (Lipinski definition) is 1. The van der Waals surface area contributed by atoms with Gasteiger partial charge in [-0.3, -0.25) is 9.69 Å². The van der Waals surface area contributed by atoms with E-state index in [0.29, 0.717) is 23.2 Å². The van der Waals surface area contributed by atoms with E-state index < -0.39 is 0 Å². The maximum absolute atomic E-state index is 13.9. The molecule has 1 saturated carbocycles. The van der Waals surface area contributed by atoms with E-state index in [1.807, 2.05) is 18.3 Å². The van der Waals surface area contributed by atoms with Crippen LogP contribution in [-0.4, -0.2) is 82.6 Å². The van der Waals surface area contributed by atoms with Crippen molar-refractivity contribution in [2.24, 2.45) is 0 Å². The lowest BCUT2D eigenvalue weighted by Gasteiger charge is -2.39. The van der Waals surface area contributed by atoms with Crippen LogP contribution in [0.25, 0.3) is 0 Å². The Morgan fingerprint density at radius 1 is 0.886 bits per heavy atom. The molecule has 3 saturated heterocycles. The molecular weight excluding hydrogens is 554 g/mol. The number of urea groups is 1. The molecule has 3 aliphatic heterocycles. The van der Waals surface area contributed by atoms with Gasteiger partial charge in [-0.1, -0.05) is 36.4 Å². The Balaban J connectivity index is 0.935. The SMILES string of the molecule is O=C(NC1CC1)c1ccc(Oc2ccc(CN3CCC(N4C(=O)N(C5CCOCC5)CC4c4ccccc4)CC3)cn2)cc1. The molecule has 7 rings (SSSR count). The fourth-order valence-electron chi connectivity index (χ4n) is 6.76. The zero-order valence-electron chi connectivity index (χ0n) is 25.1. The van der Waals surface area contributed by atoms with Gasteiger partial charge >= 0.3 is 6.03 Å². The van der Waals surface area contributed by atoms with E-state index in [1.165, 1.54) is 5.56 Å². The molecule has 1 N–H and O–H groups in total. The van der Waals surface area contributed by atoms with Gasteiger partial charge in [-0.25, -0.2) is 9.78 Å². The zero-order valence-corrected chi connectivity index (χ0v) is 25.1. The second-order valence-corrected chi connectivity index (χ2v) is 12.5. The summed E-state index contributed by atoms with van der Waals surface area (Å²) < 4.78 is 11.5. The van der Waals surface area contributed by atoms with E-state index >= 15 is 0 Å². The zero-order chi connectivity index (χ0) is 29.9. The number of carbonyl (C=O) groups is 2. The molecule has 0 bridgehead atoms. The maximum Gasteiger partial charge on any atom is 0.321 e. The summed E-state index contributed by atoms with van der Waals surface area (Å²) in [7, 11) is 0. The first-order chi connectivity index (χ1) is 21.6. The van der Waals surface area contributed by atoms with Crippen molar-refractivity contribution >= 4 is 11.9 Å². The van der Waals surface area contributed by atoms with E-state index in [-0.39, 0.29) is 30.1 Å². The van der Waals surface area contributed by atoms with Crippen LogP contribution >= 0.6 is 0 Å². The van der Waals surface area contributed by atoms with Gasteiger partial charge in [-0.05, 0) is 73.9 Å². The number of likely N-dealkylation sites (tertiary alicyclic amines) is 1. The highest BCUT2D eigenvalue weighted by atomic mass is 16.5. The van der Waals surface area contributed by atoms with E-state index in [4.69, 9.17) is 9.47 Å². The number of benzene rings is 2. The van der Waals surface area contributed by atoms with Crippen molar-refractivity contribution in [3.63, 3.8) is 0 Å².